The summed E-state index contributed by atoms with van der Waals surface area (Å²) in [5.41, 5.74) is 7.39. The zero-order chi connectivity index (χ0) is 23.9. The fourth-order valence-corrected chi connectivity index (χ4v) is 4.49. The maximum absolute atomic E-state index is 5.66. The lowest BCUT2D eigenvalue weighted by Gasteiger charge is -2.21. The highest BCUT2D eigenvalue weighted by molar-refractivity contribution is 5.73. The van der Waals surface area contributed by atoms with Crippen LogP contribution in [0, 0.1) is 0 Å². The molecule has 176 valence electrons. The predicted molar refractivity (Wildman–Crippen MR) is 140 cm³/mol. The van der Waals surface area contributed by atoms with Crippen LogP contribution in [-0.2, 0) is 6.54 Å². The van der Waals surface area contributed by atoms with E-state index in [1.165, 1.54) is 22.3 Å². The smallest absolute Gasteiger partial charge is 0.161 e. The average molecular weight is 456 g/mol. The number of hydrogen-bond acceptors (Lipinski definition) is 4. The van der Waals surface area contributed by atoms with Crippen molar-refractivity contribution in [3.05, 3.63) is 101 Å². The molecule has 1 atom stereocenters. The van der Waals surface area contributed by atoms with Crippen molar-refractivity contribution in [3.63, 3.8) is 0 Å². The lowest BCUT2D eigenvalue weighted by atomic mass is 9.93. The van der Waals surface area contributed by atoms with Crippen molar-refractivity contribution in [2.45, 2.75) is 32.4 Å². The zero-order valence-corrected chi connectivity index (χ0v) is 20.4. The minimum atomic E-state index is 0.210. The van der Waals surface area contributed by atoms with Gasteiger partial charge in [-0.3, -0.25) is 0 Å². The molecule has 2 aliphatic carbocycles. The topological polar surface area (TPSA) is 39.7 Å². The van der Waals surface area contributed by atoms with E-state index in [4.69, 9.17) is 14.2 Å². The van der Waals surface area contributed by atoms with Gasteiger partial charge >= 0.3 is 0 Å². The van der Waals surface area contributed by atoms with Crippen LogP contribution in [-0.4, -0.2) is 27.4 Å². The van der Waals surface area contributed by atoms with Crippen LogP contribution in [0.2, 0.25) is 0 Å². The molecule has 0 unspecified atom stereocenters. The summed E-state index contributed by atoms with van der Waals surface area (Å²) in [4.78, 5) is 0. The van der Waals surface area contributed by atoms with Crippen molar-refractivity contribution in [2.24, 2.45) is 0 Å². The Morgan fingerprint density at radius 2 is 1.56 bits per heavy atom. The van der Waals surface area contributed by atoms with E-state index in [0.29, 0.717) is 11.5 Å². The third kappa shape index (κ3) is 5.18. The summed E-state index contributed by atoms with van der Waals surface area (Å²) < 4.78 is 16.6. The van der Waals surface area contributed by atoms with Crippen LogP contribution in [0.15, 0.2) is 95.6 Å². The van der Waals surface area contributed by atoms with Gasteiger partial charge in [-0.25, -0.2) is 0 Å². The Labute approximate surface area is 202 Å². The largest absolute Gasteiger partial charge is 0.496 e. The fourth-order valence-electron chi connectivity index (χ4n) is 4.49. The molecule has 2 aromatic carbocycles. The van der Waals surface area contributed by atoms with E-state index in [1.54, 1.807) is 21.3 Å². The Hall–Kier alpha value is -3.50. The molecular formula is C30H33NO3. The molecule has 0 aromatic heterocycles. The van der Waals surface area contributed by atoms with Crippen molar-refractivity contribution in [2.75, 3.05) is 21.3 Å². The average Bonchev–Trinajstić information content (AvgIpc) is 3.23. The quantitative estimate of drug-likeness (QED) is 0.490. The normalized spacial score (nSPS) is 15.8. The highest BCUT2D eigenvalue weighted by atomic mass is 16.5. The maximum atomic E-state index is 5.66. The number of nitrogens with one attached hydrogen (secondary N) is 1. The molecule has 0 heterocycles. The minimum Gasteiger partial charge on any atom is -0.496 e. The number of hydrogen-bond donors (Lipinski definition) is 1. The Morgan fingerprint density at radius 3 is 2.32 bits per heavy atom. The van der Waals surface area contributed by atoms with Crippen LogP contribution >= 0.6 is 0 Å². The molecule has 0 aliphatic heterocycles. The first kappa shape index (κ1) is 23.7. The second kappa shape index (κ2) is 11.1. The van der Waals surface area contributed by atoms with Crippen molar-refractivity contribution in [3.8, 4) is 28.4 Å². The molecule has 2 aromatic rings. The first-order chi connectivity index (χ1) is 16.6. The highest BCUT2D eigenvalue weighted by Gasteiger charge is 2.17. The zero-order valence-electron chi connectivity index (χ0n) is 20.4. The summed E-state index contributed by atoms with van der Waals surface area (Å²) in [6.45, 7) is 2.98. The summed E-state index contributed by atoms with van der Waals surface area (Å²) in [5, 5.41) is 3.73. The van der Waals surface area contributed by atoms with Gasteiger partial charge in [-0.2, -0.15) is 0 Å². The lowest BCUT2D eigenvalue weighted by Crippen LogP contribution is -2.28. The number of benzene rings is 2. The number of rotatable bonds is 8. The van der Waals surface area contributed by atoms with Crippen molar-refractivity contribution >= 4 is 0 Å². The van der Waals surface area contributed by atoms with Crippen molar-refractivity contribution < 1.29 is 14.2 Å². The van der Waals surface area contributed by atoms with Gasteiger partial charge in [0, 0.05) is 18.2 Å². The van der Waals surface area contributed by atoms with Crippen molar-refractivity contribution in [1.82, 2.24) is 5.32 Å². The summed E-state index contributed by atoms with van der Waals surface area (Å²) in [6, 6.07) is 12.5. The molecule has 0 radical (unpaired) electrons. The van der Waals surface area contributed by atoms with E-state index in [1.807, 2.05) is 24.3 Å². The Balaban J connectivity index is 1.56. The van der Waals surface area contributed by atoms with E-state index >= 15 is 0 Å². The van der Waals surface area contributed by atoms with Crippen LogP contribution in [0.25, 0.3) is 11.1 Å². The SMILES string of the molecule is COc1ccc(-c2cc(CN[C@H](C)C3=CC=CCC4=C3C=CC=CC4)ccc2OC)cc1OC. The van der Waals surface area contributed by atoms with Gasteiger partial charge in [0.05, 0.1) is 21.3 Å². The standard InChI is InChI=1S/C30H33NO3/c1-21(25-12-9-8-11-23-10-6-5-7-13-26(23)25)31-20-22-14-16-28(32-2)27(18-22)24-15-17-29(33-3)30(19-24)34-4/h5-9,12-19,21,31H,10-11,20H2,1-4H3/t21-/m1/s1. The van der Waals surface area contributed by atoms with E-state index < -0.39 is 0 Å². The molecule has 0 bridgehead atoms. The van der Waals surface area contributed by atoms with Crippen LogP contribution in [0.4, 0.5) is 0 Å². The van der Waals surface area contributed by atoms with Gasteiger partial charge in [-0.05, 0) is 66.3 Å². The number of methoxy groups -OCH3 is 3. The Kier molecular flexibility index (Phi) is 7.71. The molecule has 1 N–H and O–H groups in total. The monoisotopic (exact) mass is 455 g/mol. The number of allylic oxidation sites excluding steroid dienone is 8. The minimum absolute atomic E-state index is 0.210. The van der Waals surface area contributed by atoms with Crippen LogP contribution in [0.5, 0.6) is 17.2 Å². The third-order valence-corrected chi connectivity index (χ3v) is 6.38. The molecule has 0 fully saturated rings. The lowest BCUT2D eigenvalue weighted by molar-refractivity contribution is 0.355. The van der Waals surface area contributed by atoms with E-state index in [2.05, 4.69) is 66.9 Å². The van der Waals surface area contributed by atoms with Crippen LogP contribution in [0.1, 0.15) is 25.3 Å². The van der Waals surface area contributed by atoms with Crippen molar-refractivity contribution in [1.29, 1.82) is 0 Å². The van der Waals surface area contributed by atoms with Gasteiger partial charge < -0.3 is 19.5 Å². The second-order valence-corrected chi connectivity index (χ2v) is 8.47. The van der Waals surface area contributed by atoms with E-state index in [0.717, 1.165) is 36.3 Å². The first-order valence-corrected chi connectivity index (χ1v) is 11.7. The Morgan fingerprint density at radius 1 is 0.824 bits per heavy atom. The fraction of sp³-hybridized carbons (Fsp3) is 0.267. The van der Waals surface area contributed by atoms with Gasteiger partial charge in [0.2, 0.25) is 0 Å². The van der Waals surface area contributed by atoms with Gasteiger partial charge in [0.1, 0.15) is 5.75 Å². The van der Waals surface area contributed by atoms with Crippen LogP contribution in [0.3, 0.4) is 0 Å². The molecule has 0 amide bonds. The second-order valence-electron chi connectivity index (χ2n) is 8.47. The Bertz CT molecular complexity index is 1180. The van der Waals surface area contributed by atoms with E-state index in [-0.39, 0.29) is 6.04 Å². The third-order valence-electron chi connectivity index (χ3n) is 6.38. The molecular weight excluding hydrogens is 422 g/mol. The van der Waals surface area contributed by atoms with Gasteiger partial charge in [0.25, 0.3) is 0 Å². The van der Waals surface area contributed by atoms with E-state index in [9.17, 15) is 0 Å². The molecule has 4 heteroatoms. The molecule has 2 aliphatic rings. The van der Waals surface area contributed by atoms with Gasteiger partial charge in [-0.1, -0.05) is 60.2 Å². The predicted octanol–water partition coefficient (Wildman–Crippen LogP) is 6.56. The molecule has 34 heavy (non-hydrogen) atoms. The summed E-state index contributed by atoms with van der Waals surface area (Å²) in [5.74, 6) is 2.23. The molecule has 0 saturated heterocycles. The number of ether oxygens (including phenoxy) is 3. The molecule has 4 nitrogen and oxygen atoms in total. The maximum Gasteiger partial charge on any atom is 0.161 e. The van der Waals surface area contributed by atoms with Gasteiger partial charge in [0.15, 0.2) is 11.5 Å². The summed E-state index contributed by atoms with van der Waals surface area (Å²) in [7, 11) is 5.00. The first-order valence-electron chi connectivity index (χ1n) is 11.7. The molecule has 4 rings (SSSR count). The van der Waals surface area contributed by atoms with Gasteiger partial charge in [-0.15, -0.1) is 0 Å². The summed E-state index contributed by atoms with van der Waals surface area (Å²) in [6.07, 6.45) is 17.5. The summed E-state index contributed by atoms with van der Waals surface area (Å²) >= 11 is 0. The molecule has 0 spiro atoms. The highest BCUT2D eigenvalue weighted by Crippen LogP contribution is 2.37. The molecule has 0 saturated carbocycles. The van der Waals surface area contributed by atoms with Crippen LogP contribution < -0.4 is 19.5 Å².